The smallest absolute Gasteiger partial charge is 0.175 e. The number of phenolic OH excluding ortho intramolecular Hbond substituents is 2. The Labute approximate surface area is 388 Å². The average Bonchev–Trinajstić information content (AvgIpc) is 3.95. The number of aromatic nitrogens is 4. The minimum absolute atomic E-state index is 0.136. The number of hydrogen-bond donors (Lipinski definition) is 4. The van der Waals surface area contributed by atoms with Crippen LogP contribution in [-0.4, -0.2) is 59.1 Å². The summed E-state index contributed by atoms with van der Waals surface area (Å²) in [4.78, 5) is 0.434. The second-order valence-corrected chi connectivity index (χ2v) is 21.5. The highest BCUT2D eigenvalue weighted by Gasteiger charge is 2.31. The molecule has 6 N–H and O–H groups in total. The lowest BCUT2D eigenvalue weighted by atomic mass is 9.79. The van der Waals surface area contributed by atoms with Crippen LogP contribution in [0.5, 0.6) is 11.5 Å². The number of nitrogens with zero attached hydrogens (tertiary/aromatic N) is 4. The molecule has 67 heavy (non-hydrogen) atoms. The first-order chi connectivity index (χ1) is 32.0. The summed E-state index contributed by atoms with van der Waals surface area (Å²) in [5, 5.41) is 33.2. The molecule has 0 bridgehead atoms. The Morgan fingerprint density at radius 3 is 1.52 bits per heavy atom. The molecule has 12 nitrogen and oxygen atoms in total. The van der Waals surface area contributed by atoms with Crippen molar-refractivity contribution in [1.82, 2.24) is 19.6 Å². The van der Waals surface area contributed by atoms with Crippen molar-refractivity contribution in [2.75, 3.05) is 24.0 Å². The predicted molar refractivity (Wildman–Crippen MR) is 263 cm³/mol. The van der Waals surface area contributed by atoms with Crippen molar-refractivity contribution >= 4 is 54.3 Å². The number of nitrogens with two attached hydrogens (primary N) is 2. The summed E-state index contributed by atoms with van der Waals surface area (Å²) in [7, 11) is -6.77. The number of aromatic hydroxyl groups is 2. The number of fused-ring (bicyclic) bond motifs is 2. The van der Waals surface area contributed by atoms with Crippen molar-refractivity contribution in [3.05, 3.63) is 202 Å². The van der Waals surface area contributed by atoms with Crippen LogP contribution < -0.4 is 11.5 Å². The topological polar surface area (TPSA) is 196 Å². The Kier molecular flexibility index (Phi) is 10.7. The molecule has 0 aliphatic heterocycles. The molecule has 6 aromatic carbocycles. The van der Waals surface area contributed by atoms with E-state index in [1.807, 2.05) is 85.2 Å². The van der Waals surface area contributed by atoms with Crippen LogP contribution in [0.4, 0.5) is 11.4 Å². The molecule has 0 fully saturated rings. The maximum absolute atomic E-state index is 12.2. The quantitative estimate of drug-likeness (QED) is 0.0960. The molecular formula is C53H46N6O6S2. The molecule has 336 valence electrons. The monoisotopic (exact) mass is 926 g/mol. The summed E-state index contributed by atoms with van der Waals surface area (Å²) < 4.78 is 52.3. The van der Waals surface area contributed by atoms with Gasteiger partial charge >= 0.3 is 0 Å². The molecule has 0 amide bonds. The van der Waals surface area contributed by atoms with E-state index in [4.69, 9.17) is 21.7 Å². The van der Waals surface area contributed by atoms with Gasteiger partial charge in [0.05, 0.1) is 32.6 Å². The van der Waals surface area contributed by atoms with Gasteiger partial charge in [0.15, 0.2) is 19.7 Å². The first kappa shape index (κ1) is 43.2. The third-order valence-electron chi connectivity index (χ3n) is 12.7. The molecule has 10 rings (SSSR count). The van der Waals surface area contributed by atoms with E-state index in [-0.39, 0.29) is 33.1 Å². The molecule has 14 heteroatoms. The number of anilines is 2. The molecule has 2 aliphatic carbocycles. The fourth-order valence-electron chi connectivity index (χ4n) is 9.19. The third kappa shape index (κ3) is 8.64. The van der Waals surface area contributed by atoms with Gasteiger partial charge in [-0.1, -0.05) is 48.5 Å². The van der Waals surface area contributed by atoms with Crippen LogP contribution >= 0.6 is 0 Å². The van der Waals surface area contributed by atoms with Crippen molar-refractivity contribution in [2.45, 2.75) is 40.9 Å². The lowest BCUT2D eigenvalue weighted by molar-refractivity contribution is 0.464. The van der Waals surface area contributed by atoms with Gasteiger partial charge in [-0.2, -0.15) is 10.2 Å². The maximum Gasteiger partial charge on any atom is 0.175 e. The third-order valence-corrected chi connectivity index (χ3v) is 15.0. The zero-order valence-corrected chi connectivity index (χ0v) is 38.2. The van der Waals surface area contributed by atoms with Crippen LogP contribution in [0.2, 0.25) is 0 Å². The van der Waals surface area contributed by atoms with E-state index in [0.717, 1.165) is 61.5 Å². The van der Waals surface area contributed by atoms with E-state index in [9.17, 15) is 27.0 Å². The van der Waals surface area contributed by atoms with Crippen LogP contribution in [0.15, 0.2) is 156 Å². The molecule has 2 unspecified atom stereocenters. The lowest BCUT2D eigenvalue weighted by Gasteiger charge is -2.25. The SMILES string of the molecule is CS(=O)(=O)c1ccc(-n2cc3c(n2)C=C(c2ccc(N)cc2)CC3c2cc(Cc3ccc(O)c(C4CC(c5ccc(N)cc5)=Cc5cn(-c6ccc(S(C)(=O)=O)cc6)nc54)c3)ccc2O)cc1. The standard InChI is InChI=1S/C53H46N6O6S2/c1-66(62,63)43-17-13-41(14-18-43)58-30-38-26-36(34-5-9-39(54)10-6-34)28-48(53(38)57-58)47-25-33(4-22-52(47)61)23-32-3-21-51(60)46(24-32)45-27-37(35-7-11-40(55)12-8-35)29-50-49(45)31-59(56-50)42-15-19-44(20-16-42)67(2,64)65/h3-22,24-26,29-31,45,48,60-61H,23,27-28,54-55H2,1-2H3. The molecule has 0 saturated carbocycles. The van der Waals surface area contributed by atoms with Gasteiger partial charge in [0.2, 0.25) is 0 Å². The summed E-state index contributed by atoms with van der Waals surface area (Å²) >= 11 is 0. The van der Waals surface area contributed by atoms with Crippen LogP contribution in [-0.2, 0) is 26.1 Å². The minimum atomic E-state index is -3.38. The molecule has 2 aliphatic rings. The first-order valence-corrected chi connectivity index (χ1v) is 25.4. The van der Waals surface area contributed by atoms with Gasteiger partial charge in [0.25, 0.3) is 0 Å². The van der Waals surface area contributed by atoms with Crippen molar-refractivity contribution in [3.63, 3.8) is 0 Å². The summed E-state index contributed by atoms with van der Waals surface area (Å²) in [6, 6.07) is 40.0. The van der Waals surface area contributed by atoms with Gasteiger partial charge in [0.1, 0.15) is 11.5 Å². The van der Waals surface area contributed by atoms with E-state index >= 15 is 0 Å². The fourth-order valence-corrected chi connectivity index (χ4v) is 10.5. The van der Waals surface area contributed by atoms with Crippen LogP contribution in [0.25, 0.3) is 34.7 Å². The molecule has 2 aromatic heterocycles. The van der Waals surface area contributed by atoms with Gasteiger partial charge in [-0.05, 0) is 150 Å². The van der Waals surface area contributed by atoms with E-state index in [0.29, 0.717) is 47.6 Å². The predicted octanol–water partition coefficient (Wildman–Crippen LogP) is 9.18. The number of benzene rings is 6. The number of rotatable bonds is 10. The van der Waals surface area contributed by atoms with Crippen molar-refractivity contribution in [3.8, 4) is 22.9 Å². The zero-order chi connectivity index (χ0) is 46.8. The second kappa shape index (κ2) is 16.6. The fraction of sp³-hybridized carbons (Fsp3) is 0.132. The molecule has 0 spiro atoms. The Balaban J connectivity index is 1.00. The van der Waals surface area contributed by atoms with Gasteiger partial charge in [-0.25, -0.2) is 26.2 Å². The number of nitrogen functional groups attached to an aromatic ring is 2. The van der Waals surface area contributed by atoms with E-state index in [2.05, 4.69) is 12.2 Å². The molecular weight excluding hydrogens is 881 g/mol. The van der Waals surface area contributed by atoms with Crippen molar-refractivity contribution < 1.29 is 27.0 Å². The normalized spacial score (nSPS) is 15.9. The molecule has 0 radical (unpaired) electrons. The Morgan fingerprint density at radius 1 is 0.552 bits per heavy atom. The molecule has 8 aromatic rings. The zero-order valence-electron chi connectivity index (χ0n) is 36.6. The highest BCUT2D eigenvalue weighted by atomic mass is 32.2. The lowest BCUT2D eigenvalue weighted by Crippen LogP contribution is -2.10. The summed E-state index contributed by atoms with van der Waals surface area (Å²) in [5.41, 5.74) is 25.5. The molecule has 0 saturated heterocycles. The summed E-state index contributed by atoms with van der Waals surface area (Å²) in [5.74, 6) is -0.342. The number of allylic oxidation sites excluding steroid dienone is 2. The first-order valence-electron chi connectivity index (χ1n) is 21.6. The van der Waals surface area contributed by atoms with Gasteiger partial charge in [0, 0.05) is 70.4 Å². The molecule has 2 atom stereocenters. The largest absolute Gasteiger partial charge is 0.508 e. The number of phenols is 2. The van der Waals surface area contributed by atoms with Gasteiger partial charge in [-0.3, -0.25) is 0 Å². The number of hydrogen-bond acceptors (Lipinski definition) is 10. The average molecular weight is 927 g/mol. The molecule has 2 heterocycles. The highest BCUT2D eigenvalue weighted by molar-refractivity contribution is 7.91. The van der Waals surface area contributed by atoms with Crippen molar-refractivity contribution in [2.24, 2.45) is 0 Å². The van der Waals surface area contributed by atoms with E-state index in [1.165, 1.54) is 12.5 Å². The Hall–Kier alpha value is -7.68. The van der Waals surface area contributed by atoms with Crippen LogP contribution in [0, 0.1) is 0 Å². The van der Waals surface area contributed by atoms with Crippen LogP contribution in [0.1, 0.15) is 80.6 Å². The summed E-state index contributed by atoms with van der Waals surface area (Å²) in [6.07, 6.45) is 12.0. The minimum Gasteiger partial charge on any atom is -0.508 e. The van der Waals surface area contributed by atoms with Crippen LogP contribution in [0.3, 0.4) is 0 Å². The van der Waals surface area contributed by atoms with Gasteiger partial charge in [-0.15, -0.1) is 0 Å². The van der Waals surface area contributed by atoms with E-state index in [1.54, 1.807) is 70.0 Å². The number of sulfone groups is 2. The maximum atomic E-state index is 12.2. The summed E-state index contributed by atoms with van der Waals surface area (Å²) in [6.45, 7) is 0. The van der Waals surface area contributed by atoms with Gasteiger partial charge < -0.3 is 21.7 Å². The Bertz CT molecular complexity index is 3290. The Morgan fingerprint density at radius 2 is 1.01 bits per heavy atom. The highest BCUT2D eigenvalue weighted by Crippen LogP contribution is 2.47. The van der Waals surface area contributed by atoms with E-state index < -0.39 is 19.7 Å². The van der Waals surface area contributed by atoms with Crippen molar-refractivity contribution in [1.29, 1.82) is 0 Å². The second-order valence-electron chi connectivity index (χ2n) is 17.4.